The number of anilines is 1. The Balaban J connectivity index is 1.61. The van der Waals surface area contributed by atoms with E-state index in [-0.39, 0.29) is 11.4 Å². The van der Waals surface area contributed by atoms with Gasteiger partial charge in [0.1, 0.15) is 11.9 Å². The minimum atomic E-state index is -0.478. The Morgan fingerprint density at radius 2 is 1.95 bits per heavy atom. The third kappa shape index (κ3) is 2.62. The Kier molecular flexibility index (Phi) is 3.60. The monoisotopic (exact) mass is 276 g/mol. The van der Waals surface area contributed by atoms with Gasteiger partial charge in [-0.05, 0) is 31.0 Å². The SMILES string of the molecule is N#Cc1cc(NC2CCC3(CC2)OCCO3)ccc1F. The third-order valence-corrected chi connectivity index (χ3v) is 4.02. The Hall–Kier alpha value is -1.64. The number of nitriles is 1. The molecule has 106 valence electrons. The minimum Gasteiger partial charge on any atom is -0.382 e. The fourth-order valence-corrected chi connectivity index (χ4v) is 2.92. The van der Waals surface area contributed by atoms with E-state index in [1.807, 2.05) is 6.07 Å². The first-order valence-corrected chi connectivity index (χ1v) is 6.95. The topological polar surface area (TPSA) is 54.3 Å². The van der Waals surface area contributed by atoms with E-state index >= 15 is 0 Å². The second-order valence-electron chi connectivity index (χ2n) is 5.33. The van der Waals surface area contributed by atoms with Gasteiger partial charge in [0, 0.05) is 24.6 Å². The van der Waals surface area contributed by atoms with Crippen molar-refractivity contribution in [2.75, 3.05) is 18.5 Å². The van der Waals surface area contributed by atoms with Gasteiger partial charge in [0.2, 0.25) is 0 Å². The van der Waals surface area contributed by atoms with Crippen molar-refractivity contribution < 1.29 is 13.9 Å². The lowest BCUT2D eigenvalue weighted by Crippen LogP contribution is -2.39. The first kappa shape index (κ1) is 13.3. The van der Waals surface area contributed by atoms with Crippen LogP contribution in [0.5, 0.6) is 0 Å². The van der Waals surface area contributed by atoms with Crippen LogP contribution in [0.15, 0.2) is 18.2 Å². The van der Waals surface area contributed by atoms with E-state index in [2.05, 4.69) is 5.32 Å². The minimum absolute atomic E-state index is 0.0738. The molecule has 1 aromatic carbocycles. The van der Waals surface area contributed by atoms with E-state index in [4.69, 9.17) is 14.7 Å². The lowest BCUT2D eigenvalue weighted by Gasteiger charge is -2.36. The van der Waals surface area contributed by atoms with Gasteiger partial charge in [-0.1, -0.05) is 0 Å². The normalized spacial score (nSPS) is 21.8. The van der Waals surface area contributed by atoms with Crippen LogP contribution in [-0.2, 0) is 9.47 Å². The third-order valence-electron chi connectivity index (χ3n) is 4.02. The summed E-state index contributed by atoms with van der Waals surface area (Å²) in [4.78, 5) is 0. The van der Waals surface area contributed by atoms with Crippen LogP contribution in [0.25, 0.3) is 0 Å². The molecule has 0 radical (unpaired) electrons. The number of benzene rings is 1. The van der Waals surface area contributed by atoms with Crippen molar-refractivity contribution in [3.05, 3.63) is 29.6 Å². The summed E-state index contributed by atoms with van der Waals surface area (Å²) in [5.41, 5.74) is 0.863. The second-order valence-corrected chi connectivity index (χ2v) is 5.33. The highest BCUT2D eigenvalue weighted by Crippen LogP contribution is 2.36. The van der Waals surface area contributed by atoms with E-state index in [1.165, 1.54) is 6.07 Å². The maximum absolute atomic E-state index is 13.3. The number of hydrogen-bond donors (Lipinski definition) is 1. The molecule has 0 atom stereocenters. The molecule has 0 bridgehead atoms. The summed E-state index contributed by atoms with van der Waals surface area (Å²) in [7, 11) is 0. The molecule has 1 N–H and O–H groups in total. The molecule has 0 unspecified atom stereocenters. The molecular weight excluding hydrogens is 259 g/mol. The highest BCUT2D eigenvalue weighted by molar-refractivity contribution is 5.50. The molecule has 3 rings (SSSR count). The van der Waals surface area contributed by atoms with Gasteiger partial charge in [-0.2, -0.15) is 5.26 Å². The number of halogens is 1. The summed E-state index contributed by atoms with van der Waals surface area (Å²) in [5.74, 6) is -0.841. The summed E-state index contributed by atoms with van der Waals surface area (Å²) < 4.78 is 24.6. The Bertz CT molecular complexity index is 525. The number of nitrogens with zero attached hydrogens (tertiary/aromatic N) is 1. The summed E-state index contributed by atoms with van der Waals surface area (Å²) in [6.07, 6.45) is 3.63. The van der Waals surface area contributed by atoms with Crippen LogP contribution in [0.1, 0.15) is 31.2 Å². The van der Waals surface area contributed by atoms with Crippen LogP contribution >= 0.6 is 0 Å². The quantitative estimate of drug-likeness (QED) is 0.902. The van der Waals surface area contributed by atoms with Crippen molar-refractivity contribution in [1.29, 1.82) is 5.26 Å². The van der Waals surface area contributed by atoms with E-state index in [0.717, 1.165) is 31.4 Å². The first-order valence-electron chi connectivity index (χ1n) is 6.95. The van der Waals surface area contributed by atoms with Gasteiger partial charge in [-0.15, -0.1) is 0 Å². The predicted molar refractivity (Wildman–Crippen MR) is 71.6 cm³/mol. The van der Waals surface area contributed by atoms with E-state index in [9.17, 15) is 4.39 Å². The smallest absolute Gasteiger partial charge is 0.168 e. The molecule has 4 nitrogen and oxygen atoms in total. The summed E-state index contributed by atoms with van der Waals surface area (Å²) in [6, 6.07) is 6.72. The van der Waals surface area contributed by atoms with Crippen molar-refractivity contribution in [2.45, 2.75) is 37.5 Å². The van der Waals surface area contributed by atoms with Crippen molar-refractivity contribution in [3.8, 4) is 6.07 Å². The fraction of sp³-hybridized carbons (Fsp3) is 0.533. The standard InChI is InChI=1S/C15H17FN2O2/c16-14-2-1-13(9-11(14)10-17)18-12-3-5-15(6-4-12)19-7-8-20-15/h1-2,9,12,18H,3-8H2. The molecule has 1 heterocycles. The van der Waals surface area contributed by atoms with Gasteiger partial charge >= 0.3 is 0 Å². The van der Waals surface area contributed by atoms with Crippen LogP contribution in [-0.4, -0.2) is 25.0 Å². The van der Waals surface area contributed by atoms with Crippen LogP contribution in [0.2, 0.25) is 0 Å². The van der Waals surface area contributed by atoms with Crippen LogP contribution in [0.3, 0.4) is 0 Å². The molecule has 1 aromatic rings. The van der Waals surface area contributed by atoms with Crippen LogP contribution in [0.4, 0.5) is 10.1 Å². The van der Waals surface area contributed by atoms with E-state index in [1.54, 1.807) is 12.1 Å². The Morgan fingerprint density at radius 1 is 1.25 bits per heavy atom. The fourth-order valence-electron chi connectivity index (χ4n) is 2.92. The lowest BCUT2D eigenvalue weighted by molar-refractivity contribution is -0.177. The molecule has 20 heavy (non-hydrogen) atoms. The van der Waals surface area contributed by atoms with E-state index < -0.39 is 5.82 Å². The highest BCUT2D eigenvalue weighted by Gasteiger charge is 2.40. The van der Waals surface area contributed by atoms with Crippen LogP contribution < -0.4 is 5.32 Å². The molecule has 0 amide bonds. The van der Waals surface area contributed by atoms with Crippen LogP contribution in [0, 0.1) is 17.1 Å². The Morgan fingerprint density at radius 3 is 2.60 bits per heavy atom. The molecular formula is C15H17FN2O2. The number of ether oxygens (including phenoxy) is 2. The van der Waals surface area contributed by atoms with Gasteiger partial charge < -0.3 is 14.8 Å². The molecule has 1 saturated carbocycles. The van der Waals surface area contributed by atoms with Crippen molar-refractivity contribution in [3.63, 3.8) is 0 Å². The second kappa shape index (κ2) is 5.39. The van der Waals surface area contributed by atoms with Gasteiger partial charge in [0.15, 0.2) is 5.79 Å². The molecule has 1 aliphatic heterocycles. The molecule has 5 heteroatoms. The van der Waals surface area contributed by atoms with Gasteiger partial charge in [0.25, 0.3) is 0 Å². The highest BCUT2D eigenvalue weighted by atomic mass is 19.1. The predicted octanol–water partition coefficient (Wildman–Crippen LogP) is 2.79. The summed E-state index contributed by atoms with van der Waals surface area (Å²) >= 11 is 0. The Labute approximate surface area is 117 Å². The van der Waals surface area contributed by atoms with E-state index in [0.29, 0.717) is 19.3 Å². The zero-order valence-corrected chi connectivity index (χ0v) is 11.2. The van der Waals surface area contributed by atoms with Gasteiger partial charge in [-0.25, -0.2) is 4.39 Å². The number of hydrogen-bond acceptors (Lipinski definition) is 4. The number of nitrogens with one attached hydrogen (secondary N) is 1. The molecule has 1 spiro atoms. The lowest BCUT2D eigenvalue weighted by atomic mass is 9.90. The van der Waals surface area contributed by atoms with Crippen molar-refractivity contribution >= 4 is 5.69 Å². The van der Waals surface area contributed by atoms with Crippen molar-refractivity contribution in [2.24, 2.45) is 0 Å². The number of rotatable bonds is 2. The molecule has 1 aliphatic carbocycles. The van der Waals surface area contributed by atoms with Gasteiger partial charge in [-0.3, -0.25) is 0 Å². The maximum atomic E-state index is 13.3. The average Bonchev–Trinajstić information content (AvgIpc) is 2.92. The van der Waals surface area contributed by atoms with Gasteiger partial charge in [0.05, 0.1) is 18.8 Å². The first-order chi connectivity index (χ1) is 9.71. The average molecular weight is 276 g/mol. The summed E-state index contributed by atoms with van der Waals surface area (Å²) in [5, 5.41) is 12.2. The summed E-state index contributed by atoms with van der Waals surface area (Å²) in [6.45, 7) is 1.36. The van der Waals surface area contributed by atoms with Crippen molar-refractivity contribution in [1.82, 2.24) is 0 Å². The largest absolute Gasteiger partial charge is 0.382 e. The zero-order valence-electron chi connectivity index (χ0n) is 11.2. The zero-order chi connectivity index (χ0) is 14.0. The molecule has 0 aromatic heterocycles. The molecule has 2 fully saturated rings. The molecule has 1 saturated heterocycles. The molecule has 2 aliphatic rings. The maximum Gasteiger partial charge on any atom is 0.168 e.